The minimum atomic E-state index is -1.24. The van der Waals surface area contributed by atoms with Gasteiger partial charge in [-0.3, -0.25) is 14.5 Å². The molecule has 0 saturated carbocycles. The molecule has 16 heteroatoms. The number of aromatic nitrogens is 6. The van der Waals surface area contributed by atoms with E-state index in [0.717, 1.165) is 4.68 Å². The van der Waals surface area contributed by atoms with E-state index in [1.165, 1.54) is 51.7 Å². The van der Waals surface area contributed by atoms with Crippen molar-refractivity contribution in [1.82, 2.24) is 40.1 Å². The summed E-state index contributed by atoms with van der Waals surface area (Å²) in [6.07, 6.45) is 2.63. The topological polar surface area (TPSA) is 191 Å². The van der Waals surface area contributed by atoms with Crippen LogP contribution in [0.1, 0.15) is 0 Å². The van der Waals surface area contributed by atoms with Gasteiger partial charge in [-0.25, -0.2) is 18.9 Å². The Labute approximate surface area is 181 Å². The maximum absolute atomic E-state index is 12.6. The molecule has 2 aromatic rings. The van der Waals surface area contributed by atoms with E-state index in [-0.39, 0.29) is 18.0 Å². The third-order valence-corrected chi connectivity index (χ3v) is 6.82. The molecule has 2 aliphatic rings. The predicted octanol–water partition coefficient (Wildman–Crippen LogP) is -2.53. The zero-order chi connectivity index (χ0) is 22.1. The number of aliphatic carboxylic acids is 1. The SMILES string of the molecule is Nn1ccc(SCC2=C(C(=O)O)N3C(=O)[C@@H](NC(=O)Cn4cnnn4)[C@H]3SC2)nc1=O. The molecule has 4 rings (SSSR count). The monoisotopic (exact) mass is 465 g/mol. The van der Waals surface area contributed by atoms with Crippen LogP contribution in [-0.2, 0) is 20.9 Å². The van der Waals surface area contributed by atoms with Gasteiger partial charge < -0.3 is 16.3 Å². The number of β-lactam (4-membered cyclic amide) rings is 1. The molecule has 0 spiro atoms. The molecule has 0 aromatic carbocycles. The summed E-state index contributed by atoms with van der Waals surface area (Å²) in [5, 5.41) is 22.6. The normalized spacial score (nSPS) is 20.3. The lowest BCUT2D eigenvalue weighted by Gasteiger charge is -2.49. The molecule has 4 heterocycles. The Kier molecular flexibility index (Phi) is 5.64. The highest BCUT2D eigenvalue weighted by molar-refractivity contribution is 8.01. The van der Waals surface area contributed by atoms with Crippen LogP contribution in [-0.4, -0.2) is 80.6 Å². The Morgan fingerprint density at radius 2 is 2.19 bits per heavy atom. The lowest BCUT2D eigenvalue weighted by atomic mass is 10.0. The summed E-state index contributed by atoms with van der Waals surface area (Å²) in [6.45, 7) is -0.160. The quantitative estimate of drug-likeness (QED) is 0.168. The Hall–Kier alpha value is -3.40. The van der Waals surface area contributed by atoms with Gasteiger partial charge in [-0.05, 0) is 22.1 Å². The fourth-order valence-electron chi connectivity index (χ4n) is 3.05. The fraction of sp³-hybridized carbons (Fsp3) is 0.333. The van der Waals surface area contributed by atoms with Gasteiger partial charge in [0.1, 0.15) is 35.0 Å². The fourth-order valence-corrected chi connectivity index (χ4v) is 5.39. The van der Waals surface area contributed by atoms with Gasteiger partial charge in [-0.1, -0.05) is 0 Å². The summed E-state index contributed by atoms with van der Waals surface area (Å²) >= 11 is 2.52. The van der Waals surface area contributed by atoms with Crippen molar-refractivity contribution < 1.29 is 19.5 Å². The summed E-state index contributed by atoms with van der Waals surface area (Å²) in [5.74, 6) is 3.75. The number of carboxylic acid groups (broad SMARTS) is 1. The van der Waals surface area contributed by atoms with Crippen molar-refractivity contribution in [2.75, 3.05) is 17.3 Å². The van der Waals surface area contributed by atoms with E-state index >= 15 is 0 Å². The highest BCUT2D eigenvalue weighted by Crippen LogP contribution is 2.41. The molecule has 2 aliphatic heterocycles. The number of tetrazole rings is 1. The zero-order valence-corrected chi connectivity index (χ0v) is 17.2. The molecule has 0 radical (unpaired) electrons. The first-order valence-corrected chi connectivity index (χ1v) is 10.8. The lowest BCUT2D eigenvalue weighted by Crippen LogP contribution is -2.70. The molecular formula is C15H15N9O5S2. The Balaban J connectivity index is 1.45. The number of nitrogens with zero attached hydrogens (tertiary/aromatic N) is 7. The number of nitrogens with one attached hydrogen (secondary N) is 1. The second kappa shape index (κ2) is 8.38. The van der Waals surface area contributed by atoms with Crippen LogP contribution in [0, 0.1) is 0 Å². The summed E-state index contributed by atoms with van der Waals surface area (Å²) in [7, 11) is 0. The van der Waals surface area contributed by atoms with Gasteiger partial charge in [0, 0.05) is 17.7 Å². The standard InChI is InChI=1S/C15H15N9O5S2/c16-23-2-1-9(19-15(23)29)30-4-7-5-31-13-10(12(26)24(13)11(7)14(27)28)18-8(25)3-22-6-17-20-21-22/h1-2,6,10,13H,3-5,16H2,(H,18,25)(H,27,28)/t10-,13-/m1/s1. The summed E-state index contributed by atoms with van der Waals surface area (Å²) in [6, 6.07) is 0.702. The van der Waals surface area contributed by atoms with Gasteiger partial charge in [0.05, 0.1) is 0 Å². The number of thioether (sulfide) groups is 2. The van der Waals surface area contributed by atoms with Crippen LogP contribution < -0.4 is 16.8 Å². The van der Waals surface area contributed by atoms with Gasteiger partial charge in [-0.15, -0.1) is 28.6 Å². The Morgan fingerprint density at radius 1 is 1.39 bits per heavy atom. The van der Waals surface area contributed by atoms with Crippen LogP contribution in [0.2, 0.25) is 0 Å². The minimum absolute atomic E-state index is 0.112. The molecule has 0 bridgehead atoms. The number of nitrogens with two attached hydrogens (primary N) is 1. The van der Waals surface area contributed by atoms with E-state index in [9.17, 15) is 24.3 Å². The number of carbonyl (C=O) groups is 3. The van der Waals surface area contributed by atoms with Crippen LogP contribution >= 0.6 is 23.5 Å². The van der Waals surface area contributed by atoms with Crippen LogP contribution in [0.25, 0.3) is 0 Å². The number of hydrogen-bond acceptors (Lipinski definition) is 11. The van der Waals surface area contributed by atoms with Crippen molar-refractivity contribution in [3.05, 3.63) is 40.3 Å². The molecule has 0 aliphatic carbocycles. The summed E-state index contributed by atoms with van der Waals surface area (Å²) < 4.78 is 2.04. The van der Waals surface area contributed by atoms with Crippen molar-refractivity contribution >= 4 is 41.3 Å². The number of rotatable bonds is 7. The molecule has 2 amide bonds. The maximum Gasteiger partial charge on any atom is 0.366 e. The zero-order valence-electron chi connectivity index (χ0n) is 15.6. The molecule has 2 aromatic heterocycles. The van der Waals surface area contributed by atoms with E-state index in [1.807, 2.05) is 0 Å². The number of amides is 2. The van der Waals surface area contributed by atoms with Crippen LogP contribution in [0.3, 0.4) is 0 Å². The number of carbonyl (C=O) groups excluding carboxylic acids is 2. The maximum atomic E-state index is 12.6. The molecule has 0 unspecified atom stereocenters. The third kappa shape index (κ3) is 4.11. The smallest absolute Gasteiger partial charge is 0.366 e. The van der Waals surface area contributed by atoms with E-state index in [0.29, 0.717) is 16.4 Å². The van der Waals surface area contributed by atoms with E-state index in [1.54, 1.807) is 0 Å². The molecule has 1 saturated heterocycles. The molecule has 1 fully saturated rings. The van der Waals surface area contributed by atoms with Crippen molar-refractivity contribution in [3.63, 3.8) is 0 Å². The van der Waals surface area contributed by atoms with Crippen LogP contribution in [0.4, 0.5) is 0 Å². The van der Waals surface area contributed by atoms with Crippen LogP contribution in [0.15, 0.2) is 39.7 Å². The van der Waals surface area contributed by atoms with E-state index in [2.05, 4.69) is 25.8 Å². The first-order valence-electron chi connectivity index (χ1n) is 8.73. The van der Waals surface area contributed by atoms with E-state index in [4.69, 9.17) is 5.84 Å². The largest absolute Gasteiger partial charge is 0.477 e. The molecule has 4 N–H and O–H groups in total. The second-order valence-corrected chi connectivity index (χ2v) is 8.56. The number of nitrogen functional groups attached to an aromatic ring is 1. The Morgan fingerprint density at radius 3 is 2.87 bits per heavy atom. The highest BCUT2D eigenvalue weighted by Gasteiger charge is 2.54. The molecule has 162 valence electrons. The lowest BCUT2D eigenvalue weighted by molar-refractivity contribution is -0.150. The van der Waals surface area contributed by atoms with Gasteiger partial charge in [-0.2, -0.15) is 4.98 Å². The summed E-state index contributed by atoms with van der Waals surface area (Å²) in [5.41, 5.74) is -0.225. The van der Waals surface area contributed by atoms with Crippen LogP contribution in [0.5, 0.6) is 0 Å². The number of carboxylic acids is 1. The summed E-state index contributed by atoms with van der Waals surface area (Å²) in [4.78, 5) is 53.2. The van der Waals surface area contributed by atoms with Crippen molar-refractivity contribution in [1.29, 1.82) is 0 Å². The van der Waals surface area contributed by atoms with Crippen molar-refractivity contribution in [2.45, 2.75) is 23.0 Å². The average molecular weight is 465 g/mol. The first-order chi connectivity index (χ1) is 14.8. The van der Waals surface area contributed by atoms with Gasteiger partial charge in [0.15, 0.2) is 0 Å². The van der Waals surface area contributed by atoms with Crippen molar-refractivity contribution in [2.24, 2.45) is 0 Å². The first kappa shape index (κ1) is 20.9. The van der Waals surface area contributed by atoms with Gasteiger partial charge in [0.25, 0.3) is 5.91 Å². The molecular weight excluding hydrogens is 450 g/mol. The third-order valence-electron chi connectivity index (χ3n) is 4.46. The second-order valence-electron chi connectivity index (χ2n) is 6.46. The number of fused-ring (bicyclic) bond motifs is 1. The average Bonchev–Trinajstić information content (AvgIpc) is 3.24. The minimum Gasteiger partial charge on any atom is -0.477 e. The highest BCUT2D eigenvalue weighted by atomic mass is 32.2. The van der Waals surface area contributed by atoms with Gasteiger partial charge in [0.2, 0.25) is 5.91 Å². The molecule has 14 nitrogen and oxygen atoms in total. The van der Waals surface area contributed by atoms with Crippen molar-refractivity contribution in [3.8, 4) is 0 Å². The predicted molar refractivity (Wildman–Crippen MR) is 107 cm³/mol. The Bertz CT molecular complexity index is 1130. The molecule has 31 heavy (non-hydrogen) atoms. The number of hydrogen-bond donors (Lipinski definition) is 3. The van der Waals surface area contributed by atoms with E-state index < -0.39 is 34.9 Å². The molecule has 2 atom stereocenters. The van der Waals surface area contributed by atoms with Gasteiger partial charge >= 0.3 is 11.7 Å².